The molecule has 3 rings (SSSR count). The van der Waals surface area contributed by atoms with Crippen LogP contribution >= 0.6 is 11.3 Å². The van der Waals surface area contributed by atoms with E-state index in [0.717, 1.165) is 36.1 Å². The Hall–Kier alpha value is -2.30. The number of pyridine rings is 1. The molecule has 0 aromatic carbocycles. The normalized spacial score (nSPS) is 13.6. The van der Waals surface area contributed by atoms with Crippen LogP contribution in [-0.4, -0.2) is 55.4 Å². The maximum absolute atomic E-state index is 13.0. The van der Waals surface area contributed by atoms with Crippen LogP contribution in [0.3, 0.4) is 0 Å². The fourth-order valence-electron chi connectivity index (χ4n) is 3.67. The van der Waals surface area contributed by atoms with Gasteiger partial charge in [-0.2, -0.15) is 0 Å². The third kappa shape index (κ3) is 5.90. The summed E-state index contributed by atoms with van der Waals surface area (Å²) < 4.78 is 24.8. The molecule has 0 fully saturated rings. The van der Waals surface area contributed by atoms with Crippen LogP contribution < -0.4 is 10.6 Å². The zero-order valence-corrected chi connectivity index (χ0v) is 19.4. The molecular formula is C21H28N4O4S2. The number of carbonyl (C=O) groups is 2. The van der Waals surface area contributed by atoms with E-state index >= 15 is 0 Å². The first-order valence-electron chi connectivity index (χ1n) is 10.4. The van der Waals surface area contributed by atoms with Crippen LogP contribution in [-0.2, 0) is 22.9 Å². The topological polar surface area (TPSA) is 108 Å². The summed E-state index contributed by atoms with van der Waals surface area (Å²) in [6.45, 7) is 2.89. The van der Waals surface area contributed by atoms with Gasteiger partial charge in [-0.15, -0.1) is 11.3 Å². The van der Waals surface area contributed by atoms with Gasteiger partial charge in [-0.1, -0.05) is 6.92 Å². The van der Waals surface area contributed by atoms with E-state index in [1.54, 1.807) is 25.3 Å². The van der Waals surface area contributed by atoms with Crippen molar-refractivity contribution in [3.63, 3.8) is 0 Å². The van der Waals surface area contributed by atoms with Gasteiger partial charge < -0.3 is 10.6 Å². The summed E-state index contributed by atoms with van der Waals surface area (Å²) in [6, 6.07) is 3.37. The molecule has 2 amide bonds. The van der Waals surface area contributed by atoms with Crippen LogP contribution in [0, 0.1) is 0 Å². The lowest BCUT2D eigenvalue weighted by Crippen LogP contribution is -2.33. The summed E-state index contributed by atoms with van der Waals surface area (Å²) in [5, 5.41) is 6.36. The second-order valence-electron chi connectivity index (χ2n) is 7.47. The number of anilines is 1. The molecule has 0 spiro atoms. The lowest BCUT2D eigenvalue weighted by molar-refractivity contribution is 0.0953. The summed E-state index contributed by atoms with van der Waals surface area (Å²) in [7, 11) is -3.25. The Kier molecular flexibility index (Phi) is 7.79. The lowest BCUT2D eigenvalue weighted by Gasteiger charge is -2.18. The predicted octanol–water partition coefficient (Wildman–Crippen LogP) is 2.68. The Labute approximate surface area is 187 Å². The summed E-state index contributed by atoms with van der Waals surface area (Å²) in [5.41, 5.74) is 1.98. The van der Waals surface area contributed by atoms with E-state index in [-0.39, 0.29) is 11.8 Å². The van der Waals surface area contributed by atoms with E-state index in [1.165, 1.54) is 28.1 Å². The van der Waals surface area contributed by atoms with Crippen molar-refractivity contribution in [2.24, 2.45) is 0 Å². The molecule has 0 unspecified atom stereocenters. The Morgan fingerprint density at radius 2 is 2.00 bits per heavy atom. The Morgan fingerprint density at radius 1 is 1.23 bits per heavy atom. The standard InChI is InChI=1S/C21H28N4O4S2/c1-3-25(31(2,28)29)13-7-12-23-20(27)18-16-9-4-5-10-17(16)30-21(18)24-19(26)15-8-6-11-22-14-15/h6,8,11,14H,3-5,7,9-10,12-13H2,1-2H3,(H,23,27)(H,24,26). The largest absolute Gasteiger partial charge is 0.352 e. The molecule has 0 aliphatic heterocycles. The molecule has 2 aromatic heterocycles. The number of sulfonamides is 1. The van der Waals surface area contributed by atoms with Crippen molar-refractivity contribution in [2.45, 2.75) is 39.0 Å². The van der Waals surface area contributed by atoms with Crippen molar-refractivity contribution in [1.82, 2.24) is 14.6 Å². The smallest absolute Gasteiger partial charge is 0.257 e. The van der Waals surface area contributed by atoms with Gasteiger partial charge >= 0.3 is 0 Å². The molecule has 2 aromatic rings. The fraction of sp³-hybridized carbons (Fsp3) is 0.476. The molecule has 1 aliphatic carbocycles. The lowest BCUT2D eigenvalue weighted by atomic mass is 9.95. The molecule has 0 atom stereocenters. The monoisotopic (exact) mass is 464 g/mol. The van der Waals surface area contributed by atoms with Crippen molar-refractivity contribution >= 4 is 38.2 Å². The number of carbonyl (C=O) groups excluding carboxylic acids is 2. The number of nitrogens with zero attached hydrogens (tertiary/aromatic N) is 2. The van der Waals surface area contributed by atoms with Crippen LogP contribution in [0.1, 0.15) is 57.3 Å². The number of nitrogens with one attached hydrogen (secondary N) is 2. The highest BCUT2D eigenvalue weighted by atomic mass is 32.2. The first-order chi connectivity index (χ1) is 14.8. The zero-order valence-electron chi connectivity index (χ0n) is 17.8. The van der Waals surface area contributed by atoms with Crippen LogP contribution in [0.15, 0.2) is 24.5 Å². The number of amides is 2. The van der Waals surface area contributed by atoms with Crippen molar-refractivity contribution in [3.8, 4) is 0 Å². The molecular weight excluding hydrogens is 436 g/mol. The fourth-order valence-corrected chi connectivity index (χ4v) is 5.88. The molecule has 0 saturated heterocycles. The van der Waals surface area contributed by atoms with Gasteiger partial charge in [-0.25, -0.2) is 12.7 Å². The summed E-state index contributed by atoms with van der Waals surface area (Å²) in [5.74, 6) is -0.532. The maximum Gasteiger partial charge on any atom is 0.257 e. The molecule has 0 radical (unpaired) electrons. The van der Waals surface area contributed by atoms with Crippen LogP contribution in [0.2, 0.25) is 0 Å². The Bertz CT molecular complexity index is 1040. The molecule has 2 N–H and O–H groups in total. The maximum atomic E-state index is 13.0. The van der Waals surface area contributed by atoms with Gasteiger partial charge in [0, 0.05) is 36.9 Å². The minimum absolute atomic E-state index is 0.233. The highest BCUT2D eigenvalue weighted by Crippen LogP contribution is 2.38. The van der Waals surface area contributed by atoms with Gasteiger partial charge in [0.2, 0.25) is 10.0 Å². The van der Waals surface area contributed by atoms with Crippen molar-refractivity contribution in [1.29, 1.82) is 0 Å². The molecule has 10 heteroatoms. The molecule has 8 nitrogen and oxygen atoms in total. The van der Waals surface area contributed by atoms with Crippen LogP contribution in [0.5, 0.6) is 0 Å². The number of thiophene rings is 1. The van der Waals surface area contributed by atoms with Gasteiger partial charge in [0.05, 0.1) is 17.4 Å². The molecule has 168 valence electrons. The van der Waals surface area contributed by atoms with Crippen molar-refractivity contribution in [3.05, 3.63) is 46.1 Å². The SMILES string of the molecule is CCN(CCCNC(=O)c1c(NC(=O)c2cccnc2)sc2c1CCCC2)S(C)(=O)=O. The number of aryl methyl sites for hydroxylation is 1. The van der Waals surface area contributed by atoms with Gasteiger partial charge in [0.1, 0.15) is 5.00 Å². The molecule has 0 saturated carbocycles. The first-order valence-corrected chi connectivity index (χ1v) is 13.1. The quantitative estimate of drug-likeness (QED) is 0.555. The van der Waals surface area contributed by atoms with Gasteiger partial charge in [-0.3, -0.25) is 14.6 Å². The number of hydrogen-bond donors (Lipinski definition) is 2. The van der Waals surface area contributed by atoms with Crippen molar-refractivity contribution < 1.29 is 18.0 Å². The number of hydrogen-bond acceptors (Lipinski definition) is 6. The number of aromatic nitrogens is 1. The van der Waals surface area contributed by atoms with Gasteiger partial charge in [0.25, 0.3) is 11.8 Å². The van der Waals surface area contributed by atoms with E-state index < -0.39 is 10.0 Å². The van der Waals surface area contributed by atoms with Gasteiger partial charge in [0.15, 0.2) is 0 Å². The molecule has 1 aliphatic rings. The summed E-state index contributed by atoms with van der Waals surface area (Å²) in [6.07, 6.45) is 8.59. The minimum atomic E-state index is -3.25. The van der Waals surface area contributed by atoms with E-state index in [9.17, 15) is 18.0 Å². The highest BCUT2D eigenvalue weighted by Gasteiger charge is 2.26. The Balaban J connectivity index is 1.71. The summed E-state index contributed by atoms with van der Waals surface area (Å²) >= 11 is 1.46. The third-order valence-corrected chi connectivity index (χ3v) is 7.83. The third-order valence-electron chi connectivity index (χ3n) is 5.24. The van der Waals surface area contributed by atoms with E-state index in [0.29, 0.717) is 42.2 Å². The molecule has 31 heavy (non-hydrogen) atoms. The van der Waals surface area contributed by atoms with Crippen LogP contribution in [0.4, 0.5) is 5.00 Å². The predicted molar refractivity (Wildman–Crippen MR) is 122 cm³/mol. The second kappa shape index (κ2) is 10.3. The molecule has 0 bridgehead atoms. The Morgan fingerprint density at radius 3 is 2.68 bits per heavy atom. The van der Waals surface area contributed by atoms with Crippen LogP contribution in [0.25, 0.3) is 0 Å². The minimum Gasteiger partial charge on any atom is -0.352 e. The summed E-state index contributed by atoms with van der Waals surface area (Å²) in [4.78, 5) is 30.8. The zero-order chi connectivity index (χ0) is 22.4. The first kappa shape index (κ1) is 23.4. The number of rotatable bonds is 9. The van der Waals surface area contributed by atoms with E-state index in [2.05, 4.69) is 15.6 Å². The van der Waals surface area contributed by atoms with Gasteiger partial charge in [-0.05, 0) is 49.8 Å². The van der Waals surface area contributed by atoms with Crippen molar-refractivity contribution in [2.75, 3.05) is 31.2 Å². The molecule has 2 heterocycles. The second-order valence-corrected chi connectivity index (χ2v) is 10.6. The van der Waals surface area contributed by atoms with E-state index in [4.69, 9.17) is 0 Å². The number of fused-ring (bicyclic) bond motifs is 1. The average molecular weight is 465 g/mol. The average Bonchev–Trinajstić information content (AvgIpc) is 3.11. The highest BCUT2D eigenvalue weighted by molar-refractivity contribution is 7.88. The van der Waals surface area contributed by atoms with E-state index in [1.807, 2.05) is 0 Å².